The molecule has 7 heteroatoms. The number of carbonyl (C=O) groups is 1. The van der Waals surface area contributed by atoms with E-state index in [9.17, 15) is 13.2 Å². The molecule has 2 aromatic carbocycles. The van der Waals surface area contributed by atoms with Crippen LogP contribution in [0.15, 0.2) is 65.6 Å². The summed E-state index contributed by atoms with van der Waals surface area (Å²) in [4.78, 5) is 12.2. The summed E-state index contributed by atoms with van der Waals surface area (Å²) in [5.74, 6) is -0.00810. The molecule has 5 nitrogen and oxygen atoms in total. The summed E-state index contributed by atoms with van der Waals surface area (Å²) in [7, 11) is -3.48. The van der Waals surface area contributed by atoms with Gasteiger partial charge in [-0.05, 0) is 56.7 Å². The third-order valence-electron chi connectivity index (χ3n) is 3.82. The summed E-state index contributed by atoms with van der Waals surface area (Å²) < 4.78 is 26.5. The molecule has 0 spiro atoms. The van der Waals surface area contributed by atoms with E-state index in [0.29, 0.717) is 5.69 Å². The highest BCUT2D eigenvalue weighted by Crippen LogP contribution is 2.25. The number of rotatable bonds is 4. The Bertz CT molecular complexity index is 1010. The van der Waals surface area contributed by atoms with Gasteiger partial charge in [-0.2, -0.15) is 0 Å². The van der Waals surface area contributed by atoms with Gasteiger partial charge in [0.25, 0.3) is 10.0 Å². The molecule has 0 saturated carbocycles. The van der Waals surface area contributed by atoms with Gasteiger partial charge in [0.2, 0.25) is 5.91 Å². The maximum absolute atomic E-state index is 12.0. The minimum Gasteiger partial charge on any atom is -0.318 e. The van der Waals surface area contributed by atoms with Crippen LogP contribution in [0, 0.1) is 20.8 Å². The van der Waals surface area contributed by atoms with Crippen molar-refractivity contribution in [1.82, 2.24) is 0 Å². The Hall–Kier alpha value is -2.64. The number of carbonyl (C=O) groups excluding carboxylic acids is 1. The van der Waals surface area contributed by atoms with E-state index in [0.717, 1.165) is 10.6 Å². The molecule has 3 aromatic rings. The van der Waals surface area contributed by atoms with Gasteiger partial charge in [-0.15, -0.1) is 11.3 Å². The Labute approximate surface area is 170 Å². The van der Waals surface area contributed by atoms with E-state index >= 15 is 0 Å². The van der Waals surface area contributed by atoms with Crippen molar-refractivity contribution in [3.05, 3.63) is 76.7 Å². The standard InChI is InChI=1S/C13H13NO2S.C8H11NOS/c1-11-7-9-12(10-8-11)14-17(15,16)13-5-3-2-4-6-13;1-5-4-8(9-7(3)10)11-6(5)2/h2-10,14H,1H3;4H,1-3H3,(H,9,10). The molecule has 3 rings (SSSR count). The molecule has 148 valence electrons. The predicted octanol–water partition coefficient (Wildman–Crippen LogP) is 5.12. The van der Waals surface area contributed by atoms with Gasteiger partial charge in [-0.25, -0.2) is 8.42 Å². The zero-order chi connectivity index (χ0) is 20.7. The Morgan fingerprint density at radius 2 is 1.54 bits per heavy atom. The maximum atomic E-state index is 12.0. The highest BCUT2D eigenvalue weighted by atomic mass is 32.2. The molecule has 0 bridgehead atoms. The number of hydrogen-bond acceptors (Lipinski definition) is 4. The number of thiophene rings is 1. The minimum atomic E-state index is -3.48. The zero-order valence-corrected chi connectivity index (χ0v) is 17.9. The van der Waals surface area contributed by atoms with Crippen LogP contribution in [-0.4, -0.2) is 14.3 Å². The van der Waals surface area contributed by atoms with Gasteiger partial charge in [0.05, 0.1) is 9.90 Å². The van der Waals surface area contributed by atoms with Crippen molar-refractivity contribution in [3.8, 4) is 0 Å². The lowest BCUT2D eigenvalue weighted by Crippen LogP contribution is -2.12. The van der Waals surface area contributed by atoms with Crippen LogP contribution in [0.25, 0.3) is 0 Å². The van der Waals surface area contributed by atoms with Gasteiger partial charge >= 0.3 is 0 Å². The lowest BCUT2D eigenvalue weighted by molar-refractivity contribution is -0.114. The van der Waals surface area contributed by atoms with Gasteiger partial charge < -0.3 is 5.32 Å². The summed E-state index contributed by atoms with van der Waals surface area (Å²) in [5, 5.41) is 3.68. The quantitative estimate of drug-likeness (QED) is 0.620. The molecule has 0 saturated heterocycles. The number of amides is 1. The fraction of sp³-hybridized carbons (Fsp3) is 0.190. The smallest absolute Gasteiger partial charge is 0.261 e. The van der Waals surface area contributed by atoms with Gasteiger partial charge in [0, 0.05) is 17.5 Å². The van der Waals surface area contributed by atoms with Crippen molar-refractivity contribution in [2.75, 3.05) is 10.0 Å². The first-order chi connectivity index (χ1) is 13.2. The first-order valence-electron chi connectivity index (χ1n) is 8.66. The summed E-state index contributed by atoms with van der Waals surface area (Å²) in [6, 6.07) is 17.5. The third kappa shape index (κ3) is 6.51. The van der Waals surface area contributed by atoms with Crippen molar-refractivity contribution in [3.63, 3.8) is 0 Å². The number of anilines is 2. The van der Waals surface area contributed by atoms with Gasteiger partial charge in [-0.3, -0.25) is 9.52 Å². The lowest BCUT2D eigenvalue weighted by Gasteiger charge is -2.07. The molecule has 0 aliphatic carbocycles. The largest absolute Gasteiger partial charge is 0.318 e. The Morgan fingerprint density at radius 1 is 0.929 bits per heavy atom. The third-order valence-corrected chi connectivity index (χ3v) is 6.29. The number of benzene rings is 2. The Kier molecular flexibility index (Phi) is 7.37. The fourth-order valence-electron chi connectivity index (χ4n) is 2.24. The van der Waals surface area contributed by atoms with E-state index in [1.807, 2.05) is 39.0 Å². The second kappa shape index (κ2) is 9.52. The highest BCUT2D eigenvalue weighted by molar-refractivity contribution is 7.92. The number of aryl methyl sites for hydroxylation is 3. The van der Waals surface area contributed by atoms with Gasteiger partial charge in [0.15, 0.2) is 0 Å². The molecular formula is C21H24N2O3S2. The minimum absolute atomic E-state index is 0.00810. The zero-order valence-electron chi connectivity index (χ0n) is 16.3. The summed E-state index contributed by atoms with van der Waals surface area (Å²) in [6.45, 7) is 7.56. The first kappa shape index (κ1) is 21.7. The molecule has 1 amide bonds. The van der Waals surface area contributed by atoms with Gasteiger partial charge in [-0.1, -0.05) is 35.9 Å². The van der Waals surface area contributed by atoms with Crippen LogP contribution >= 0.6 is 11.3 Å². The molecule has 0 fully saturated rings. The Morgan fingerprint density at radius 3 is 2.04 bits per heavy atom. The molecule has 0 aliphatic heterocycles. The molecule has 0 radical (unpaired) electrons. The lowest BCUT2D eigenvalue weighted by atomic mass is 10.2. The van der Waals surface area contributed by atoms with E-state index in [1.54, 1.807) is 53.8 Å². The normalized spacial score (nSPS) is 10.6. The van der Waals surface area contributed by atoms with E-state index in [2.05, 4.69) is 10.0 Å². The van der Waals surface area contributed by atoms with Crippen LogP contribution in [0.4, 0.5) is 10.7 Å². The fourth-order valence-corrected chi connectivity index (χ4v) is 4.30. The SMILES string of the molecule is CC(=O)Nc1cc(C)c(C)s1.Cc1ccc(NS(=O)(=O)c2ccccc2)cc1. The van der Waals surface area contributed by atoms with Crippen LogP contribution in [0.3, 0.4) is 0 Å². The van der Waals surface area contributed by atoms with Crippen LogP contribution in [-0.2, 0) is 14.8 Å². The molecule has 1 aromatic heterocycles. The molecule has 2 N–H and O–H groups in total. The van der Waals surface area contributed by atoms with Crippen molar-refractivity contribution < 1.29 is 13.2 Å². The van der Waals surface area contributed by atoms with Crippen LogP contribution in [0.2, 0.25) is 0 Å². The van der Waals surface area contributed by atoms with Crippen LogP contribution in [0.1, 0.15) is 22.9 Å². The topological polar surface area (TPSA) is 75.3 Å². The number of hydrogen-bond donors (Lipinski definition) is 2. The highest BCUT2D eigenvalue weighted by Gasteiger charge is 2.12. The average molecular weight is 417 g/mol. The van der Waals surface area contributed by atoms with Gasteiger partial charge in [0.1, 0.15) is 0 Å². The molecule has 1 heterocycles. The predicted molar refractivity (Wildman–Crippen MR) is 117 cm³/mol. The van der Waals surface area contributed by atoms with E-state index in [-0.39, 0.29) is 10.8 Å². The second-order valence-corrected chi connectivity index (χ2v) is 9.25. The average Bonchev–Trinajstić information content (AvgIpc) is 2.95. The number of sulfonamides is 1. The van der Waals surface area contributed by atoms with Crippen molar-refractivity contribution in [2.45, 2.75) is 32.6 Å². The number of nitrogens with one attached hydrogen (secondary N) is 2. The van der Waals surface area contributed by atoms with E-state index in [1.165, 1.54) is 17.4 Å². The van der Waals surface area contributed by atoms with E-state index in [4.69, 9.17) is 0 Å². The Balaban J connectivity index is 0.000000221. The first-order valence-corrected chi connectivity index (χ1v) is 11.0. The summed E-state index contributed by atoms with van der Waals surface area (Å²) in [5.41, 5.74) is 2.89. The van der Waals surface area contributed by atoms with Crippen LogP contribution < -0.4 is 10.0 Å². The second-order valence-electron chi connectivity index (χ2n) is 6.32. The van der Waals surface area contributed by atoms with Crippen LogP contribution in [0.5, 0.6) is 0 Å². The van der Waals surface area contributed by atoms with Crippen molar-refractivity contribution in [2.24, 2.45) is 0 Å². The maximum Gasteiger partial charge on any atom is 0.261 e. The van der Waals surface area contributed by atoms with E-state index < -0.39 is 10.0 Å². The molecule has 0 unspecified atom stereocenters. The summed E-state index contributed by atoms with van der Waals surface area (Å²) >= 11 is 1.61. The van der Waals surface area contributed by atoms with Crippen molar-refractivity contribution in [1.29, 1.82) is 0 Å². The monoisotopic (exact) mass is 416 g/mol. The molecule has 28 heavy (non-hydrogen) atoms. The molecular weight excluding hydrogens is 392 g/mol. The molecule has 0 aliphatic rings. The molecule has 0 atom stereocenters. The van der Waals surface area contributed by atoms with Crippen molar-refractivity contribution >= 4 is 38.0 Å². The summed E-state index contributed by atoms with van der Waals surface area (Å²) in [6.07, 6.45) is 0.